The van der Waals surface area contributed by atoms with E-state index in [2.05, 4.69) is 39.3 Å². The number of carbonyl (C=O) groups is 1. The van der Waals surface area contributed by atoms with E-state index in [-0.39, 0.29) is 5.91 Å². The highest BCUT2D eigenvalue weighted by molar-refractivity contribution is 5.76. The summed E-state index contributed by atoms with van der Waals surface area (Å²) in [5.74, 6) is 2.26. The van der Waals surface area contributed by atoms with Crippen molar-refractivity contribution in [3.63, 3.8) is 0 Å². The molecule has 0 atom stereocenters. The van der Waals surface area contributed by atoms with Crippen molar-refractivity contribution in [1.29, 1.82) is 0 Å². The fraction of sp³-hybridized carbons (Fsp3) is 0.375. The number of hydrogen-bond acceptors (Lipinski definition) is 7. The Balaban J connectivity index is 1.27. The minimum atomic E-state index is 0.121. The quantitative estimate of drug-likeness (QED) is 0.537. The first-order valence-electron chi connectivity index (χ1n) is 10.8. The first-order chi connectivity index (χ1) is 15.7. The number of benzene rings is 2. The molecule has 3 aromatic rings. The highest BCUT2D eigenvalue weighted by atomic mass is 16.5. The van der Waals surface area contributed by atoms with Crippen molar-refractivity contribution in [2.24, 2.45) is 0 Å². The topological polar surface area (TPSA) is 80.9 Å². The molecule has 0 unspecified atom stereocenters. The van der Waals surface area contributed by atoms with E-state index in [9.17, 15) is 4.79 Å². The summed E-state index contributed by atoms with van der Waals surface area (Å²) >= 11 is 0. The lowest BCUT2D eigenvalue weighted by Gasteiger charge is -2.34. The highest BCUT2D eigenvalue weighted by Crippen LogP contribution is 2.31. The van der Waals surface area contributed by atoms with E-state index in [4.69, 9.17) is 14.0 Å². The molecule has 1 aromatic heterocycles. The Morgan fingerprint density at radius 1 is 1.00 bits per heavy atom. The molecule has 2 heterocycles. The van der Waals surface area contributed by atoms with Gasteiger partial charge >= 0.3 is 0 Å². The SMILES string of the molecule is COc1ccc(-c2noc(CCC(=O)N3CCN(Cc4ccccc4)CC3)n2)cc1OC. The number of carbonyl (C=O) groups excluding carboxylic acids is 1. The molecular weight excluding hydrogens is 408 g/mol. The summed E-state index contributed by atoms with van der Waals surface area (Å²) < 4.78 is 15.9. The number of hydrogen-bond donors (Lipinski definition) is 0. The maximum absolute atomic E-state index is 12.7. The maximum Gasteiger partial charge on any atom is 0.227 e. The summed E-state index contributed by atoms with van der Waals surface area (Å²) in [5, 5.41) is 4.04. The standard InChI is InChI=1S/C24H28N4O4/c1-30-20-9-8-19(16-21(20)31-2)24-25-22(32-26-24)10-11-23(29)28-14-12-27(13-15-28)17-18-6-4-3-5-7-18/h3-9,16H,10-15,17H2,1-2H3. The molecule has 4 rings (SSSR count). The number of rotatable bonds is 8. The van der Waals surface area contributed by atoms with Crippen molar-refractivity contribution in [3.8, 4) is 22.9 Å². The van der Waals surface area contributed by atoms with Gasteiger partial charge in [0.2, 0.25) is 17.6 Å². The van der Waals surface area contributed by atoms with Crippen molar-refractivity contribution in [2.75, 3.05) is 40.4 Å². The molecule has 8 nitrogen and oxygen atoms in total. The molecule has 0 N–H and O–H groups in total. The molecule has 1 amide bonds. The average molecular weight is 437 g/mol. The molecule has 0 aliphatic carbocycles. The van der Waals surface area contributed by atoms with Gasteiger partial charge in [-0.2, -0.15) is 4.98 Å². The van der Waals surface area contributed by atoms with E-state index in [1.165, 1.54) is 5.56 Å². The van der Waals surface area contributed by atoms with E-state index in [1.54, 1.807) is 26.4 Å². The van der Waals surface area contributed by atoms with E-state index < -0.39 is 0 Å². The number of nitrogens with zero attached hydrogens (tertiary/aromatic N) is 4. The zero-order chi connectivity index (χ0) is 22.3. The van der Waals surface area contributed by atoms with Crippen LogP contribution < -0.4 is 9.47 Å². The molecule has 2 aromatic carbocycles. The predicted molar refractivity (Wildman–Crippen MR) is 119 cm³/mol. The molecule has 0 bridgehead atoms. The largest absolute Gasteiger partial charge is 0.493 e. The number of amides is 1. The number of methoxy groups -OCH3 is 2. The van der Waals surface area contributed by atoms with Crippen molar-refractivity contribution in [1.82, 2.24) is 19.9 Å². The van der Waals surface area contributed by atoms with Crippen LogP contribution >= 0.6 is 0 Å². The minimum Gasteiger partial charge on any atom is -0.493 e. The van der Waals surface area contributed by atoms with Crippen LogP contribution in [0, 0.1) is 0 Å². The highest BCUT2D eigenvalue weighted by Gasteiger charge is 2.22. The lowest BCUT2D eigenvalue weighted by molar-refractivity contribution is -0.133. The minimum absolute atomic E-state index is 0.121. The van der Waals surface area contributed by atoms with Gasteiger partial charge in [-0.1, -0.05) is 35.5 Å². The fourth-order valence-corrected chi connectivity index (χ4v) is 3.82. The Bertz CT molecular complexity index is 1030. The van der Waals surface area contributed by atoms with Gasteiger partial charge in [-0.05, 0) is 23.8 Å². The van der Waals surface area contributed by atoms with Gasteiger partial charge in [0, 0.05) is 51.1 Å². The van der Waals surface area contributed by atoms with Gasteiger partial charge in [-0.25, -0.2) is 0 Å². The van der Waals surface area contributed by atoms with Gasteiger partial charge in [0.1, 0.15) is 0 Å². The summed E-state index contributed by atoms with van der Waals surface area (Å²) in [6, 6.07) is 15.9. The van der Waals surface area contributed by atoms with Gasteiger partial charge in [-0.3, -0.25) is 9.69 Å². The number of aromatic nitrogens is 2. The molecule has 0 spiro atoms. The van der Waals surface area contributed by atoms with Gasteiger partial charge < -0.3 is 18.9 Å². The Hall–Kier alpha value is -3.39. The Kier molecular flexibility index (Phi) is 7.01. The number of ether oxygens (including phenoxy) is 2. The van der Waals surface area contributed by atoms with Crippen LogP contribution in [0.3, 0.4) is 0 Å². The molecule has 168 valence electrons. The van der Waals surface area contributed by atoms with Crippen LogP contribution in [0.1, 0.15) is 17.9 Å². The van der Waals surface area contributed by atoms with E-state index in [0.717, 1.165) is 38.3 Å². The summed E-state index contributed by atoms with van der Waals surface area (Å²) in [6.07, 6.45) is 0.773. The van der Waals surface area contributed by atoms with E-state index >= 15 is 0 Å². The normalized spacial score (nSPS) is 14.4. The lowest BCUT2D eigenvalue weighted by atomic mass is 10.2. The van der Waals surface area contributed by atoms with E-state index in [1.807, 2.05) is 17.0 Å². The van der Waals surface area contributed by atoms with Crippen molar-refractivity contribution >= 4 is 5.91 Å². The van der Waals surface area contributed by atoms with Crippen LogP contribution in [0.5, 0.6) is 11.5 Å². The molecule has 8 heteroatoms. The number of aryl methyl sites for hydroxylation is 1. The third kappa shape index (κ3) is 5.26. The fourth-order valence-electron chi connectivity index (χ4n) is 3.82. The molecule has 1 fully saturated rings. The average Bonchev–Trinajstić information content (AvgIpc) is 3.32. The van der Waals surface area contributed by atoms with Crippen molar-refractivity contribution in [2.45, 2.75) is 19.4 Å². The smallest absolute Gasteiger partial charge is 0.227 e. The van der Waals surface area contributed by atoms with E-state index in [0.29, 0.717) is 36.1 Å². The predicted octanol–water partition coefficient (Wildman–Crippen LogP) is 3.03. The van der Waals surface area contributed by atoms with Crippen LogP contribution in [0.4, 0.5) is 0 Å². The van der Waals surface area contributed by atoms with Gasteiger partial charge in [0.25, 0.3) is 0 Å². The summed E-state index contributed by atoms with van der Waals surface area (Å²) in [5.41, 5.74) is 2.06. The summed E-state index contributed by atoms with van der Waals surface area (Å²) in [4.78, 5) is 21.4. The monoisotopic (exact) mass is 436 g/mol. The van der Waals surface area contributed by atoms with Gasteiger partial charge in [0.15, 0.2) is 11.5 Å². The Morgan fingerprint density at radius 3 is 2.47 bits per heavy atom. The zero-order valence-electron chi connectivity index (χ0n) is 18.5. The summed E-state index contributed by atoms with van der Waals surface area (Å²) in [6.45, 7) is 4.16. The lowest BCUT2D eigenvalue weighted by Crippen LogP contribution is -2.48. The first-order valence-corrected chi connectivity index (χ1v) is 10.8. The van der Waals surface area contributed by atoms with Gasteiger partial charge in [0.05, 0.1) is 14.2 Å². The second-order valence-electron chi connectivity index (χ2n) is 7.72. The summed E-state index contributed by atoms with van der Waals surface area (Å²) in [7, 11) is 3.17. The van der Waals surface area contributed by atoms with Crippen LogP contribution in [-0.2, 0) is 17.8 Å². The number of piperazine rings is 1. The maximum atomic E-state index is 12.7. The van der Waals surface area contributed by atoms with Crippen LogP contribution in [0.15, 0.2) is 53.1 Å². The van der Waals surface area contributed by atoms with Crippen LogP contribution in [0.25, 0.3) is 11.4 Å². The molecular formula is C24H28N4O4. The van der Waals surface area contributed by atoms with Crippen LogP contribution in [-0.4, -0.2) is 66.2 Å². The van der Waals surface area contributed by atoms with Crippen LogP contribution in [0.2, 0.25) is 0 Å². The molecule has 1 aliphatic rings. The Morgan fingerprint density at radius 2 is 1.75 bits per heavy atom. The molecule has 32 heavy (non-hydrogen) atoms. The third-order valence-electron chi connectivity index (χ3n) is 5.64. The second-order valence-corrected chi connectivity index (χ2v) is 7.72. The van der Waals surface area contributed by atoms with Crippen molar-refractivity contribution in [3.05, 3.63) is 60.0 Å². The van der Waals surface area contributed by atoms with Gasteiger partial charge in [-0.15, -0.1) is 0 Å². The van der Waals surface area contributed by atoms with Crippen molar-refractivity contribution < 1.29 is 18.8 Å². The molecule has 0 radical (unpaired) electrons. The molecule has 1 saturated heterocycles. The molecule has 1 aliphatic heterocycles. The third-order valence-corrected chi connectivity index (χ3v) is 5.64. The molecule has 0 saturated carbocycles. The second kappa shape index (κ2) is 10.3. The zero-order valence-corrected chi connectivity index (χ0v) is 18.5. The Labute approximate surface area is 187 Å². The first kappa shape index (κ1) is 21.8.